The van der Waals surface area contributed by atoms with Gasteiger partial charge in [0.15, 0.2) is 0 Å². The van der Waals surface area contributed by atoms with Crippen LogP contribution in [0.4, 0.5) is 0 Å². The van der Waals surface area contributed by atoms with E-state index in [1.807, 2.05) is 25.1 Å². The Morgan fingerprint density at radius 3 is 3.00 bits per heavy atom. The van der Waals surface area contributed by atoms with Crippen LogP contribution in [0, 0.1) is 0 Å². The third kappa shape index (κ3) is 2.15. The fourth-order valence-corrected chi connectivity index (χ4v) is 3.06. The van der Waals surface area contributed by atoms with Crippen LogP contribution >= 0.6 is 0 Å². The molecule has 1 saturated heterocycles. The summed E-state index contributed by atoms with van der Waals surface area (Å²) in [4.78, 5) is 12.4. The molecular weight excluding hydrogens is 240 g/mol. The molecule has 0 bridgehead atoms. The van der Waals surface area contributed by atoms with Gasteiger partial charge in [-0.05, 0) is 37.3 Å². The van der Waals surface area contributed by atoms with Crippen molar-refractivity contribution >= 4 is 5.91 Å². The van der Waals surface area contributed by atoms with E-state index in [0.717, 1.165) is 24.8 Å². The first-order valence-electron chi connectivity index (χ1n) is 6.88. The maximum atomic E-state index is 12.4. The summed E-state index contributed by atoms with van der Waals surface area (Å²) in [5, 5.41) is 3.08. The van der Waals surface area contributed by atoms with Crippen LogP contribution in [-0.2, 0) is 16.0 Å². The van der Waals surface area contributed by atoms with Crippen LogP contribution in [0.15, 0.2) is 24.3 Å². The maximum Gasteiger partial charge on any atom is 0.252 e. The first kappa shape index (κ1) is 12.6. The number of fused-ring (bicyclic) bond motifs is 1. The zero-order valence-electron chi connectivity index (χ0n) is 11.2. The van der Waals surface area contributed by atoms with Crippen LogP contribution in [0.25, 0.3) is 0 Å². The van der Waals surface area contributed by atoms with Crippen molar-refractivity contribution in [3.63, 3.8) is 0 Å². The van der Waals surface area contributed by atoms with E-state index >= 15 is 0 Å². The molecule has 1 fully saturated rings. The molecule has 1 aromatic rings. The molecule has 0 spiro atoms. The molecule has 2 aliphatic rings. The molecule has 3 rings (SSSR count). The number of benzene rings is 1. The Morgan fingerprint density at radius 2 is 2.26 bits per heavy atom. The summed E-state index contributed by atoms with van der Waals surface area (Å²) in [6.07, 6.45) is 2.54. The van der Waals surface area contributed by atoms with Crippen molar-refractivity contribution in [2.75, 3.05) is 6.61 Å². The highest BCUT2D eigenvalue weighted by atomic mass is 16.5. The van der Waals surface area contributed by atoms with Gasteiger partial charge in [0, 0.05) is 12.6 Å². The van der Waals surface area contributed by atoms with Gasteiger partial charge < -0.3 is 15.8 Å². The lowest BCUT2D eigenvalue weighted by atomic mass is 10.00. The van der Waals surface area contributed by atoms with Gasteiger partial charge in [-0.3, -0.25) is 4.79 Å². The van der Waals surface area contributed by atoms with E-state index in [2.05, 4.69) is 11.4 Å². The Kier molecular flexibility index (Phi) is 3.07. The highest BCUT2D eigenvalue weighted by Gasteiger charge is 2.40. The third-order valence-corrected chi connectivity index (χ3v) is 4.26. The second kappa shape index (κ2) is 4.62. The number of amides is 1. The highest BCUT2D eigenvalue weighted by Crippen LogP contribution is 2.32. The highest BCUT2D eigenvalue weighted by molar-refractivity contribution is 5.85. The standard InChI is InChI=1S/C15H20N2O2/c1-15(7-4-8-19-15)14(18)17-13-11-6-3-2-5-10(11)9-12(13)16/h2-3,5-6,12-13H,4,7-9,16H2,1H3,(H,17,18). The molecule has 3 unspecified atom stereocenters. The van der Waals surface area contributed by atoms with Crippen molar-refractivity contribution in [1.82, 2.24) is 5.32 Å². The number of rotatable bonds is 2. The summed E-state index contributed by atoms with van der Waals surface area (Å²) in [7, 11) is 0. The number of hydrogen-bond donors (Lipinski definition) is 2. The summed E-state index contributed by atoms with van der Waals surface area (Å²) in [5.74, 6) is -0.0397. The van der Waals surface area contributed by atoms with Gasteiger partial charge in [-0.2, -0.15) is 0 Å². The van der Waals surface area contributed by atoms with Gasteiger partial charge >= 0.3 is 0 Å². The molecule has 4 nitrogen and oxygen atoms in total. The van der Waals surface area contributed by atoms with Crippen molar-refractivity contribution in [2.24, 2.45) is 5.73 Å². The van der Waals surface area contributed by atoms with Gasteiger partial charge in [0.25, 0.3) is 5.91 Å². The van der Waals surface area contributed by atoms with Crippen LogP contribution < -0.4 is 11.1 Å². The van der Waals surface area contributed by atoms with Gasteiger partial charge in [0.1, 0.15) is 5.60 Å². The number of hydrogen-bond acceptors (Lipinski definition) is 3. The predicted molar refractivity (Wildman–Crippen MR) is 72.6 cm³/mol. The lowest BCUT2D eigenvalue weighted by Gasteiger charge is -2.26. The first-order chi connectivity index (χ1) is 9.10. The number of nitrogens with two attached hydrogens (primary N) is 1. The van der Waals surface area contributed by atoms with E-state index in [1.165, 1.54) is 5.56 Å². The maximum absolute atomic E-state index is 12.4. The molecule has 19 heavy (non-hydrogen) atoms. The molecule has 3 atom stereocenters. The van der Waals surface area contributed by atoms with Gasteiger partial charge in [0.05, 0.1) is 6.04 Å². The summed E-state index contributed by atoms with van der Waals surface area (Å²) < 4.78 is 5.58. The van der Waals surface area contributed by atoms with Crippen LogP contribution in [0.3, 0.4) is 0 Å². The minimum absolute atomic E-state index is 0.0397. The molecule has 1 aliphatic heterocycles. The predicted octanol–water partition coefficient (Wildman–Crippen LogP) is 1.30. The van der Waals surface area contributed by atoms with Crippen LogP contribution in [0.5, 0.6) is 0 Å². The van der Waals surface area contributed by atoms with E-state index in [0.29, 0.717) is 6.61 Å². The smallest absolute Gasteiger partial charge is 0.252 e. The Balaban J connectivity index is 1.78. The number of ether oxygens (including phenoxy) is 1. The van der Waals surface area contributed by atoms with E-state index < -0.39 is 5.60 Å². The van der Waals surface area contributed by atoms with Crippen molar-refractivity contribution < 1.29 is 9.53 Å². The van der Waals surface area contributed by atoms with Crippen molar-refractivity contribution in [3.05, 3.63) is 35.4 Å². The average Bonchev–Trinajstić information content (AvgIpc) is 2.96. The monoisotopic (exact) mass is 260 g/mol. The number of nitrogens with one attached hydrogen (secondary N) is 1. The van der Waals surface area contributed by atoms with E-state index in [-0.39, 0.29) is 18.0 Å². The minimum atomic E-state index is -0.683. The Labute approximate surface area is 113 Å². The van der Waals surface area contributed by atoms with E-state index in [9.17, 15) is 4.79 Å². The normalized spacial score (nSPS) is 33.2. The fraction of sp³-hybridized carbons (Fsp3) is 0.533. The zero-order chi connectivity index (χ0) is 13.5. The molecule has 0 saturated carbocycles. The van der Waals surface area contributed by atoms with E-state index in [4.69, 9.17) is 10.5 Å². The first-order valence-corrected chi connectivity index (χ1v) is 6.88. The largest absolute Gasteiger partial charge is 0.365 e. The molecular formula is C15H20N2O2. The minimum Gasteiger partial charge on any atom is -0.365 e. The van der Waals surface area contributed by atoms with Gasteiger partial charge in [-0.15, -0.1) is 0 Å². The molecule has 1 amide bonds. The van der Waals surface area contributed by atoms with E-state index in [1.54, 1.807) is 0 Å². The SMILES string of the molecule is CC1(C(=O)NC2c3ccccc3CC2N)CCCO1. The molecule has 0 radical (unpaired) electrons. The molecule has 102 valence electrons. The number of carbonyl (C=O) groups is 1. The van der Waals surface area contributed by atoms with Crippen molar-refractivity contribution in [1.29, 1.82) is 0 Å². The van der Waals surface area contributed by atoms with Crippen LogP contribution in [-0.4, -0.2) is 24.2 Å². The van der Waals surface area contributed by atoms with Gasteiger partial charge in [-0.1, -0.05) is 24.3 Å². The van der Waals surface area contributed by atoms with Crippen molar-refractivity contribution in [3.8, 4) is 0 Å². The zero-order valence-corrected chi connectivity index (χ0v) is 11.2. The van der Waals surface area contributed by atoms with Crippen LogP contribution in [0.2, 0.25) is 0 Å². The molecule has 0 aromatic heterocycles. The van der Waals surface area contributed by atoms with Crippen LogP contribution in [0.1, 0.15) is 36.9 Å². The molecule has 4 heteroatoms. The summed E-state index contributed by atoms with van der Waals surface area (Å²) in [6.45, 7) is 2.53. The Morgan fingerprint density at radius 1 is 1.47 bits per heavy atom. The lowest BCUT2D eigenvalue weighted by Crippen LogP contribution is -2.48. The molecule has 1 aliphatic carbocycles. The van der Waals surface area contributed by atoms with Crippen molar-refractivity contribution in [2.45, 2.75) is 43.9 Å². The summed E-state index contributed by atoms with van der Waals surface area (Å²) in [6, 6.07) is 7.98. The Hall–Kier alpha value is -1.39. The quantitative estimate of drug-likeness (QED) is 0.842. The number of carbonyl (C=O) groups excluding carboxylic acids is 1. The van der Waals surface area contributed by atoms with Gasteiger partial charge in [0.2, 0.25) is 0 Å². The second-order valence-electron chi connectivity index (χ2n) is 5.70. The van der Waals surface area contributed by atoms with Gasteiger partial charge in [-0.25, -0.2) is 0 Å². The molecule has 3 N–H and O–H groups in total. The third-order valence-electron chi connectivity index (χ3n) is 4.26. The fourth-order valence-electron chi connectivity index (χ4n) is 3.06. The molecule has 1 heterocycles. The summed E-state index contributed by atoms with van der Waals surface area (Å²) in [5.41, 5.74) is 7.86. The average molecular weight is 260 g/mol. The summed E-state index contributed by atoms with van der Waals surface area (Å²) >= 11 is 0. The topological polar surface area (TPSA) is 64.4 Å². The Bertz CT molecular complexity index is 495. The molecule has 1 aromatic carbocycles. The lowest BCUT2D eigenvalue weighted by molar-refractivity contribution is -0.140. The second-order valence-corrected chi connectivity index (χ2v) is 5.70.